The highest BCUT2D eigenvalue weighted by molar-refractivity contribution is 7.13. The number of carbonyl (C=O) groups excluding carboxylic acids is 2. The third-order valence-electron chi connectivity index (χ3n) is 2.48. The molecule has 0 saturated heterocycles. The van der Waals surface area contributed by atoms with Crippen molar-refractivity contribution in [2.75, 3.05) is 19.6 Å². The monoisotopic (exact) mass is 254 g/mol. The quantitative estimate of drug-likeness (QED) is 0.868. The smallest absolute Gasteiger partial charge is 0.261 e. The van der Waals surface area contributed by atoms with Crippen molar-refractivity contribution in [1.29, 1.82) is 0 Å². The molecule has 0 radical (unpaired) electrons. The molecule has 0 bridgehead atoms. The van der Waals surface area contributed by atoms with Crippen LogP contribution in [0.5, 0.6) is 0 Å². The molecule has 94 valence electrons. The molecule has 5 heteroatoms. The van der Waals surface area contributed by atoms with Gasteiger partial charge in [-0.3, -0.25) is 9.59 Å². The van der Waals surface area contributed by atoms with E-state index in [9.17, 15) is 9.59 Å². The Hall–Kier alpha value is -1.36. The number of hydrogen-bond acceptors (Lipinski definition) is 3. The lowest BCUT2D eigenvalue weighted by Gasteiger charge is -2.18. The number of amides is 2. The number of thiophene rings is 1. The lowest BCUT2D eigenvalue weighted by atomic mass is 10.4. The molecule has 0 aromatic carbocycles. The zero-order chi connectivity index (χ0) is 12.8. The van der Waals surface area contributed by atoms with Gasteiger partial charge in [0.2, 0.25) is 5.91 Å². The summed E-state index contributed by atoms with van der Waals surface area (Å²) >= 11 is 1.43. The lowest BCUT2D eigenvalue weighted by Crippen LogP contribution is -2.39. The standard InChI is InChI=1S/C12H18N2O2S/c1-4-14(5-2)11(15)8-13-12(16)10-7-6-9(3)17-10/h6-7H,4-5,8H2,1-3H3,(H,13,16). The van der Waals surface area contributed by atoms with Gasteiger partial charge in [-0.2, -0.15) is 0 Å². The van der Waals surface area contributed by atoms with Crippen molar-refractivity contribution < 1.29 is 9.59 Å². The highest BCUT2D eigenvalue weighted by Crippen LogP contribution is 2.14. The van der Waals surface area contributed by atoms with Gasteiger partial charge >= 0.3 is 0 Å². The Morgan fingerprint density at radius 3 is 2.41 bits per heavy atom. The van der Waals surface area contributed by atoms with Crippen LogP contribution in [0.3, 0.4) is 0 Å². The van der Waals surface area contributed by atoms with Crippen molar-refractivity contribution >= 4 is 23.2 Å². The van der Waals surface area contributed by atoms with Gasteiger partial charge in [-0.15, -0.1) is 11.3 Å². The molecule has 1 aromatic rings. The third-order valence-corrected chi connectivity index (χ3v) is 3.48. The first kappa shape index (κ1) is 13.7. The maximum Gasteiger partial charge on any atom is 0.261 e. The molecule has 0 fully saturated rings. The van der Waals surface area contributed by atoms with Gasteiger partial charge in [0.1, 0.15) is 0 Å². The Bertz CT molecular complexity index is 397. The van der Waals surface area contributed by atoms with E-state index in [-0.39, 0.29) is 18.4 Å². The average molecular weight is 254 g/mol. The lowest BCUT2D eigenvalue weighted by molar-refractivity contribution is -0.129. The van der Waals surface area contributed by atoms with Crippen LogP contribution >= 0.6 is 11.3 Å². The van der Waals surface area contributed by atoms with E-state index in [0.29, 0.717) is 18.0 Å². The number of aryl methyl sites for hydroxylation is 1. The molecule has 0 aliphatic heterocycles. The molecule has 1 rings (SSSR count). The van der Waals surface area contributed by atoms with E-state index >= 15 is 0 Å². The average Bonchev–Trinajstić information content (AvgIpc) is 2.74. The van der Waals surface area contributed by atoms with Crippen LogP contribution in [0.1, 0.15) is 28.4 Å². The summed E-state index contributed by atoms with van der Waals surface area (Å²) in [6, 6.07) is 3.67. The molecule has 2 amide bonds. The fourth-order valence-corrected chi connectivity index (χ4v) is 2.27. The van der Waals surface area contributed by atoms with Crippen molar-refractivity contribution in [2.24, 2.45) is 0 Å². The van der Waals surface area contributed by atoms with Crippen LogP contribution in [0.2, 0.25) is 0 Å². The van der Waals surface area contributed by atoms with Crippen LogP contribution in [0.25, 0.3) is 0 Å². The van der Waals surface area contributed by atoms with Crippen LogP contribution in [0.4, 0.5) is 0 Å². The third kappa shape index (κ3) is 3.85. The van der Waals surface area contributed by atoms with E-state index in [4.69, 9.17) is 0 Å². The summed E-state index contributed by atoms with van der Waals surface area (Å²) in [5.74, 6) is -0.222. The summed E-state index contributed by atoms with van der Waals surface area (Å²) in [6.45, 7) is 7.20. The molecule has 0 aliphatic carbocycles. The minimum atomic E-state index is -0.177. The van der Waals surface area contributed by atoms with Gasteiger partial charge in [0.25, 0.3) is 5.91 Å². The zero-order valence-corrected chi connectivity index (χ0v) is 11.3. The Morgan fingerprint density at radius 1 is 1.29 bits per heavy atom. The normalized spacial score (nSPS) is 10.1. The second-order valence-electron chi connectivity index (χ2n) is 3.66. The minimum Gasteiger partial charge on any atom is -0.342 e. The summed E-state index contributed by atoms with van der Waals surface area (Å²) in [7, 11) is 0. The predicted octanol–water partition coefficient (Wildman–Crippen LogP) is 1.65. The highest BCUT2D eigenvalue weighted by Gasteiger charge is 2.12. The van der Waals surface area contributed by atoms with E-state index in [0.717, 1.165) is 4.88 Å². The van der Waals surface area contributed by atoms with Gasteiger partial charge < -0.3 is 10.2 Å². The number of likely N-dealkylation sites (N-methyl/N-ethyl adjacent to an activating group) is 1. The number of hydrogen-bond donors (Lipinski definition) is 1. The van der Waals surface area contributed by atoms with Gasteiger partial charge in [0.05, 0.1) is 11.4 Å². The molecule has 1 N–H and O–H groups in total. The first-order chi connectivity index (χ1) is 8.08. The first-order valence-corrected chi connectivity index (χ1v) is 6.52. The van der Waals surface area contributed by atoms with Crippen LogP contribution < -0.4 is 5.32 Å². The topological polar surface area (TPSA) is 49.4 Å². The number of nitrogens with one attached hydrogen (secondary N) is 1. The molecular weight excluding hydrogens is 236 g/mol. The van der Waals surface area contributed by atoms with Crippen molar-refractivity contribution in [3.8, 4) is 0 Å². The van der Waals surface area contributed by atoms with Gasteiger partial charge in [-0.25, -0.2) is 0 Å². The highest BCUT2D eigenvalue weighted by atomic mass is 32.1. The summed E-state index contributed by atoms with van der Waals surface area (Å²) in [5.41, 5.74) is 0. The molecule has 0 saturated carbocycles. The van der Waals surface area contributed by atoms with Crippen LogP contribution in [0, 0.1) is 6.92 Å². The second-order valence-corrected chi connectivity index (χ2v) is 4.95. The van der Waals surface area contributed by atoms with E-state index in [2.05, 4.69) is 5.32 Å². The second kappa shape index (κ2) is 6.39. The van der Waals surface area contributed by atoms with Gasteiger partial charge in [-0.1, -0.05) is 0 Å². The van der Waals surface area contributed by atoms with E-state index < -0.39 is 0 Å². The van der Waals surface area contributed by atoms with Gasteiger partial charge in [0.15, 0.2) is 0 Å². The molecular formula is C12H18N2O2S. The van der Waals surface area contributed by atoms with Gasteiger partial charge in [0, 0.05) is 18.0 Å². The van der Waals surface area contributed by atoms with Crippen molar-refractivity contribution in [2.45, 2.75) is 20.8 Å². The number of rotatable bonds is 5. The fourth-order valence-electron chi connectivity index (χ4n) is 1.49. The molecule has 0 aliphatic rings. The molecule has 4 nitrogen and oxygen atoms in total. The molecule has 0 atom stereocenters. The van der Waals surface area contributed by atoms with Crippen molar-refractivity contribution in [3.05, 3.63) is 21.9 Å². The summed E-state index contributed by atoms with van der Waals surface area (Å²) < 4.78 is 0. The SMILES string of the molecule is CCN(CC)C(=O)CNC(=O)c1ccc(C)s1. The van der Waals surface area contributed by atoms with E-state index in [1.807, 2.05) is 26.8 Å². The Balaban J connectivity index is 2.46. The molecule has 0 spiro atoms. The molecule has 1 heterocycles. The molecule has 0 unspecified atom stereocenters. The fraction of sp³-hybridized carbons (Fsp3) is 0.500. The van der Waals surface area contributed by atoms with E-state index in [1.54, 1.807) is 11.0 Å². The van der Waals surface area contributed by atoms with Crippen molar-refractivity contribution in [3.63, 3.8) is 0 Å². The minimum absolute atomic E-state index is 0.0448. The summed E-state index contributed by atoms with van der Waals surface area (Å²) in [4.78, 5) is 26.8. The Kier molecular flexibility index (Phi) is 5.15. The van der Waals surface area contributed by atoms with Crippen molar-refractivity contribution in [1.82, 2.24) is 10.2 Å². The zero-order valence-electron chi connectivity index (χ0n) is 10.4. The first-order valence-electron chi connectivity index (χ1n) is 5.70. The Labute approximate surface area is 106 Å². The number of carbonyl (C=O) groups is 2. The largest absolute Gasteiger partial charge is 0.342 e. The summed E-state index contributed by atoms with van der Waals surface area (Å²) in [5, 5.41) is 2.64. The molecule has 17 heavy (non-hydrogen) atoms. The summed E-state index contributed by atoms with van der Waals surface area (Å²) in [6.07, 6.45) is 0. The van der Waals surface area contributed by atoms with Crippen LogP contribution in [-0.4, -0.2) is 36.3 Å². The van der Waals surface area contributed by atoms with Crippen LogP contribution in [0.15, 0.2) is 12.1 Å². The maximum atomic E-state index is 11.7. The van der Waals surface area contributed by atoms with Crippen LogP contribution in [-0.2, 0) is 4.79 Å². The maximum absolute atomic E-state index is 11.7. The number of nitrogens with zero attached hydrogens (tertiary/aromatic N) is 1. The molecule has 1 aromatic heterocycles. The van der Waals surface area contributed by atoms with Gasteiger partial charge in [-0.05, 0) is 32.9 Å². The Morgan fingerprint density at radius 2 is 1.94 bits per heavy atom. The van der Waals surface area contributed by atoms with E-state index in [1.165, 1.54) is 11.3 Å². The predicted molar refractivity (Wildman–Crippen MR) is 69.3 cm³/mol.